The Labute approximate surface area is 49.9 Å². The molecule has 0 saturated heterocycles. The van der Waals surface area contributed by atoms with Crippen molar-refractivity contribution in [3.63, 3.8) is 0 Å². The lowest BCUT2D eigenvalue weighted by atomic mass is 10.1. The number of nitrogens with two attached hydrogens (primary N) is 1. The number of allylic oxidation sites excluding steroid dienone is 1. The Morgan fingerprint density at radius 2 is 2.12 bits per heavy atom. The number of nitrogens with one attached hydrogen (secondary N) is 1. The minimum Gasteiger partial charge on any atom is -0.405 e. The summed E-state index contributed by atoms with van der Waals surface area (Å²) in [7, 11) is 0. The van der Waals surface area contributed by atoms with E-state index in [2.05, 4.69) is 0 Å². The maximum Gasteiger partial charge on any atom is 0.0353 e. The monoisotopic (exact) mass is 112 g/mol. The SMILES string of the molecule is CC(C)C(=N)/C=C\N. The zero-order valence-electron chi connectivity index (χ0n) is 5.31. The van der Waals surface area contributed by atoms with Crippen LogP contribution >= 0.6 is 0 Å². The maximum atomic E-state index is 7.18. The quantitative estimate of drug-likeness (QED) is 0.517. The first-order valence-electron chi connectivity index (χ1n) is 2.65. The Kier molecular flexibility index (Phi) is 2.92. The van der Waals surface area contributed by atoms with E-state index in [1.165, 1.54) is 6.20 Å². The molecule has 0 aromatic rings. The molecule has 0 aliphatic heterocycles. The van der Waals surface area contributed by atoms with Crippen LogP contribution in [0.4, 0.5) is 0 Å². The van der Waals surface area contributed by atoms with Gasteiger partial charge in [-0.1, -0.05) is 13.8 Å². The second-order valence-electron chi connectivity index (χ2n) is 1.97. The minimum atomic E-state index is 0.287. The van der Waals surface area contributed by atoms with Crippen LogP contribution in [0.2, 0.25) is 0 Å². The molecule has 0 saturated carbocycles. The Balaban J connectivity index is 3.66. The van der Waals surface area contributed by atoms with Crippen molar-refractivity contribution in [1.82, 2.24) is 0 Å². The summed E-state index contributed by atoms with van der Waals surface area (Å²) in [5, 5.41) is 7.18. The van der Waals surface area contributed by atoms with E-state index in [9.17, 15) is 0 Å². The zero-order chi connectivity index (χ0) is 6.57. The van der Waals surface area contributed by atoms with Crippen molar-refractivity contribution in [3.8, 4) is 0 Å². The van der Waals surface area contributed by atoms with Crippen molar-refractivity contribution in [2.24, 2.45) is 11.7 Å². The van der Waals surface area contributed by atoms with E-state index in [0.717, 1.165) is 0 Å². The highest BCUT2D eigenvalue weighted by Crippen LogP contribution is 1.93. The molecule has 0 heterocycles. The van der Waals surface area contributed by atoms with E-state index < -0.39 is 0 Å². The van der Waals surface area contributed by atoms with Gasteiger partial charge >= 0.3 is 0 Å². The molecule has 0 unspecified atom stereocenters. The molecule has 0 atom stereocenters. The average molecular weight is 112 g/mol. The molecule has 46 valence electrons. The summed E-state index contributed by atoms with van der Waals surface area (Å²) in [4.78, 5) is 0. The second-order valence-corrected chi connectivity index (χ2v) is 1.97. The molecular formula is C6H12N2. The summed E-state index contributed by atoms with van der Waals surface area (Å²) >= 11 is 0. The van der Waals surface area contributed by atoms with Gasteiger partial charge in [-0.3, -0.25) is 0 Å². The van der Waals surface area contributed by atoms with Crippen LogP contribution < -0.4 is 5.73 Å². The number of hydrogen-bond acceptors (Lipinski definition) is 2. The highest BCUT2D eigenvalue weighted by molar-refractivity contribution is 5.93. The van der Waals surface area contributed by atoms with Crippen LogP contribution in [-0.2, 0) is 0 Å². The fraction of sp³-hybridized carbons (Fsp3) is 0.500. The molecule has 0 rings (SSSR count). The molecule has 3 N–H and O–H groups in total. The molecule has 0 aliphatic rings. The molecule has 0 aromatic heterocycles. The zero-order valence-corrected chi connectivity index (χ0v) is 5.31. The third-order valence-electron chi connectivity index (χ3n) is 0.898. The van der Waals surface area contributed by atoms with Crippen LogP contribution in [-0.4, -0.2) is 5.71 Å². The molecule has 0 amide bonds. The first kappa shape index (κ1) is 7.21. The smallest absolute Gasteiger partial charge is 0.0353 e. The normalized spacial score (nSPS) is 10.9. The van der Waals surface area contributed by atoms with E-state index in [-0.39, 0.29) is 5.92 Å². The van der Waals surface area contributed by atoms with E-state index >= 15 is 0 Å². The molecular weight excluding hydrogens is 100 g/mol. The van der Waals surface area contributed by atoms with Gasteiger partial charge in [-0.05, 0) is 18.2 Å². The molecule has 2 nitrogen and oxygen atoms in total. The van der Waals surface area contributed by atoms with Crippen LogP contribution in [0.5, 0.6) is 0 Å². The fourth-order valence-corrected chi connectivity index (χ4v) is 0.296. The second kappa shape index (κ2) is 3.24. The lowest BCUT2D eigenvalue weighted by Crippen LogP contribution is -2.01. The summed E-state index contributed by atoms with van der Waals surface area (Å²) in [5.74, 6) is 0.287. The van der Waals surface area contributed by atoms with Gasteiger partial charge in [-0.2, -0.15) is 0 Å². The number of hydrogen-bond donors (Lipinski definition) is 2. The summed E-state index contributed by atoms with van der Waals surface area (Å²) in [6, 6.07) is 0. The van der Waals surface area contributed by atoms with Gasteiger partial charge in [0.25, 0.3) is 0 Å². The van der Waals surface area contributed by atoms with E-state index in [1.807, 2.05) is 13.8 Å². The fourth-order valence-electron chi connectivity index (χ4n) is 0.296. The first-order valence-corrected chi connectivity index (χ1v) is 2.65. The highest BCUT2D eigenvalue weighted by atomic mass is 14.5. The minimum absolute atomic E-state index is 0.287. The van der Waals surface area contributed by atoms with Crippen LogP contribution in [0, 0.1) is 11.3 Å². The molecule has 2 heteroatoms. The van der Waals surface area contributed by atoms with Gasteiger partial charge in [-0.25, -0.2) is 0 Å². The van der Waals surface area contributed by atoms with Gasteiger partial charge in [0, 0.05) is 5.71 Å². The highest BCUT2D eigenvalue weighted by Gasteiger charge is 1.94. The molecule has 0 spiro atoms. The van der Waals surface area contributed by atoms with Crippen LogP contribution in [0.15, 0.2) is 12.3 Å². The summed E-state index contributed by atoms with van der Waals surface area (Å²) in [6.07, 6.45) is 2.99. The van der Waals surface area contributed by atoms with E-state index in [4.69, 9.17) is 11.1 Å². The molecule has 0 radical (unpaired) electrons. The van der Waals surface area contributed by atoms with E-state index in [1.54, 1.807) is 6.08 Å². The first-order chi connectivity index (χ1) is 3.68. The Hall–Kier alpha value is -0.790. The van der Waals surface area contributed by atoms with Crippen molar-refractivity contribution < 1.29 is 0 Å². The van der Waals surface area contributed by atoms with Gasteiger partial charge in [-0.15, -0.1) is 0 Å². The van der Waals surface area contributed by atoms with Crippen molar-refractivity contribution in [1.29, 1.82) is 5.41 Å². The predicted octanol–water partition coefficient (Wildman–Crippen LogP) is 1.13. The van der Waals surface area contributed by atoms with Gasteiger partial charge < -0.3 is 11.1 Å². The summed E-state index contributed by atoms with van der Waals surface area (Å²) < 4.78 is 0. The average Bonchev–Trinajstić information content (AvgIpc) is 1.67. The molecule has 0 aromatic carbocycles. The third kappa shape index (κ3) is 2.39. The molecule has 0 bridgehead atoms. The molecule has 8 heavy (non-hydrogen) atoms. The van der Waals surface area contributed by atoms with Crippen LogP contribution in [0.3, 0.4) is 0 Å². The standard InChI is InChI=1S/C6H12N2/c1-5(2)6(8)3-4-7/h3-5,8H,7H2,1-2H3/b4-3-,8-6?. The summed E-state index contributed by atoms with van der Waals surface area (Å²) in [5.41, 5.74) is 5.62. The Morgan fingerprint density at radius 1 is 1.62 bits per heavy atom. The maximum absolute atomic E-state index is 7.18. The van der Waals surface area contributed by atoms with Crippen LogP contribution in [0.25, 0.3) is 0 Å². The summed E-state index contributed by atoms with van der Waals surface area (Å²) in [6.45, 7) is 3.92. The van der Waals surface area contributed by atoms with Crippen molar-refractivity contribution in [3.05, 3.63) is 12.3 Å². The van der Waals surface area contributed by atoms with Gasteiger partial charge in [0.1, 0.15) is 0 Å². The van der Waals surface area contributed by atoms with Crippen molar-refractivity contribution in [2.75, 3.05) is 0 Å². The number of rotatable bonds is 2. The topological polar surface area (TPSA) is 49.9 Å². The largest absolute Gasteiger partial charge is 0.405 e. The van der Waals surface area contributed by atoms with Gasteiger partial charge in [0.2, 0.25) is 0 Å². The predicted molar refractivity (Wildman–Crippen MR) is 35.9 cm³/mol. The molecule has 0 aliphatic carbocycles. The van der Waals surface area contributed by atoms with Crippen molar-refractivity contribution >= 4 is 5.71 Å². The van der Waals surface area contributed by atoms with Gasteiger partial charge in [0.15, 0.2) is 0 Å². The van der Waals surface area contributed by atoms with Gasteiger partial charge in [0.05, 0.1) is 0 Å². The Bertz CT molecular complexity index is 103. The lowest BCUT2D eigenvalue weighted by Gasteiger charge is -1.97. The lowest BCUT2D eigenvalue weighted by molar-refractivity contribution is 0.882. The Morgan fingerprint density at radius 3 is 2.25 bits per heavy atom. The van der Waals surface area contributed by atoms with E-state index in [0.29, 0.717) is 5.71 Å². The molecule has 0 fully saturated rings. The van der Waals surface area contributed by atoms with Crippen LogP contribution in [0.1, 0.15) is 13.8 Å². The van der Waals surface area contributed by atoms with Crippen molar-refractivity contribution in [2.45, 2.75) is 13.8 Å². The third-order valence-corrected chi connectivity index (χ3v) is 0.898.